The van der Waals surface area contributed by atoms with Crippen LogP contribution in [-0.4, -0.2) is 40.8 Å². The fourth-order valence-electron chi connectivity index (χ4n) is 2.90. The van der Waals surface area contributed by atoms with Crippen molar-refractivity contribution in [2.24, 2.45) is 0 Å². The molecule has 0 heterocycles. The van der Waals surface area contributed by atoms with Crippen LogP contribution in [0.25, 0.3) is 0 Å². The molecule has 8 nitrogen and oxygen atoms in total. The van der Waals surface area contributed by atoms with E-state index >= 15 is 0 Å². The minimum absolute atomic E-state index is 0.376. The van der Waals surface area contributed by atoms with Gasteiger partial charge in [0, 0.05) is 18.1 Å². The largest absolute Gasteiger partial charge is 0.497 e. The molecule has 0 aliphatic rings. The first kappa shape index (κ1) is 25.2. The lowest BCUT2D eigenvalue weighted by Crippen LogP contribution is -2.30. The van der Waals surface area contributed by atoms with Gasteiger partial charge in [-0.05, 0) is 61.5 Å². The van der Waals surface area contributed by atoms with Gasteiger partial charge in [-0.2, -0.15) is 0 Å². The first-order valence-electron chi connectivity index (χ1n) is 10.2. The number of carbonyl (C=O) groups excluding carboxylic acids is 1. The maximum Gasteiger partial charge on any atom is 0.265 e. The first-order valence-corrected chi connectivity index (χ1v) is 12.4. The van der Waals surface area contributed by atoms with Gasteiger partial charge < -0.3 is 19.5 Å². The molecule has 1 N–H and O–H groups in total. The van der Waals surface area contributed by atoms with Crippen LogP contribution >= 0.6 is 11.6 Å². The molecule has 0 radical (unpaired) electrons. The van der Waals surface area contributed by atoms with E-state index in [1.165, 1.54) is 7.05 Å². The maximum absolute atomic E-state index is 12.8. The summed E-state index contributed by atoms with van der Waals surface area (Å²) in [6.45, 7) is 1.60. The van der Waals surface area contributed by atoms with Gasteiger partial charge in [0.15, 0.2) is 11.9 Å². The molecule has 0 aromatic heterocycles. The summed E-state index contributed by atoms with van der Waals surface area (Å²) in [7, 11) is -0.358. The third-order valence-electron chi connectivity index (χ3n) is 4.85. The van der Waals surface area contributed by atoms with Crippen molar-refractivity contribution in [2.45, 2.75) is 13.0 Å². The summed E-state index contributed by atoms with van der Waals surface area (Å²) in [5.74, 6) is 1.54. The molecule has 3 rings (SSSR count). The third-order valence-corrected chi connectivity index (χ3v) is 6.29. The Hall–Kier alpha value is -3.43. The normalized spacial score (nSPS) is 11.9. The highest BCUT2D eigenvalue weighted by molar-refractivity contribution is 7.92. The van der Waals surface area contributed by atoms with E-state index in [4.69, 9.17) is 25.8 Å². The predicted molar refractivity (Wildman–Crippen MR) is 133 cm³/mol. The summed E-state index contributed by atoms with van der Waals surface area (Å²) in [5, 5.41) is 3.20. The minimum Gasteiger partial charge on any atom is -0.497 e. The van der Waals surface area contributed by atoms with Crippen molar-refractivity contribution in [2.75, 3.05) is 30.0 Å². The number of amides is 1. The summed E-state index contributed by atoms with van der Waals surface area (Å²) in [6, 6.07) is 18.3. The molecule has 10 heteroatoms. The smallest absolute Gasteiger partial charge is 0.265 e. The van der Waals surface area contributed by atoms with Gasteiger partial charge in [-0.1, -0.05) is 17.7 Å². The van der Waals surface area contributed by atoms with Crippen molar-refractivity contribution in [1.29, 1.82) is 0 Å². The predicted octanol–water partition coefficient (Wildman–Crippen LogP) is 4.94. The molecule has 0 bridgehead atoms. The van der Waals surface area contributed by atoms with Crippen LogP contribution in [0.3, 0.4) is 0 Å². The summed E-state index contributed by atoms with van der Waals surface area (Å²) >= 11 is 6.13. The average Bonchev–Trinajstić information content (AvgIpc) is 2.80. The molecule has 1 atom stereocenters. The number of nitrogens with zero attached hydrogens (tertiary/aromatic N) is 1. The Bertz CT molecular complexity index is 1260. The highest BCUT2D eigenvalue weighted by Gasteiger charge is 2.18. The first-order chi connectivity index (χ1) is 16.1. The lowest BCUT2D eigenvalue weighted by atomic mass is 10.2. The number of methoxy groups -OCH3 is 1. The molecule has 0 spiro atoms. The molecular formula is C24H25ClN2O6S. The second-order valence-electron chi connectivity index (χ2n) is 7.40. The Morgan fingerprint density at radius 3 is 2.32 bits per heavy atom. The number of sulfonamides is 1. The van der Waals surface area contributed by atoms with Gasteiger partial charge >= 0.3 is 0 Å². The zero-order valence-electron chi connectivity index (χ0n) is 19.1. The van der Waals surface area contributed by atoms with Gasteiger partial charge in [0.1, 0.15) is 17.2 Å². The quantitative estimate of drug-likeness (QED) is 0.443. The Morgan fingerprint density at radius 1 is 1.00 bits per heavy atom. The molecular weight excluding hydrogens is 480 g/mol. The number of anilines is 2. The van der Waals surface area contributed by atoms with Crippen LogP contribution in [0.2, 0.25) is 5.02 Å². The maximum atomic E-state index is 12.8. The van der Waals surface area contributed by atoms with E-state index < -0.39 is 22.0 Å². The fourth-order valence-corrected chi connectivity index (χ4v) is 3.58. The lowest BCUT2D eigenvalue weighted by molar-refractivity contribution is -0.122. The van der Waals surface area contributed by atoms with Crippen LogP contribution in [0.1, 0.15) is 6.92 Å². The average molecular weight is 505 g/mol. The van der Waals surface area contributed by atoms with E-state index in [1.807, 2.05) is 0 Å². The van der Waals surface area contributed by atoms with Crippen molar-refractivity contribution in [1.82, 2.24) is 0 Å². The fraction of sp³-hybridized carbons (Fsp3) is 0.208. The number of carbonyl (C=O) groups is 1. The molecule has 0 saturated carbocycles. The van der Waals surface area contributed by atoms with Crippen LogP contribution in [0.15, 0.2) is 66.7 Å². The molecule has 0 fully saturated rings. The molecule has 0 saturated heterocycles. The Kier molecular flexibility index (Phi) is 7.90. The molecule has 180 valence electrons. The summed E-state index contributed by atoms with van der Waals surface area (Å²) in [6.07, 6.45) is 0.258. The minimum atomic E-state index is -3.38. The number of hydrogen-bond acceptors (Lipinski definition) is 6. The van der Waals surface area contributed by atoms with Crippen LogP contribution < -0.4 is 23.8 Å². The molecule has 0 unspecified atom stereocenters. The second-order valence-corrected chi connectivity index (χ2v) is 9.85. The van der Waals surface area contributed by atoms with E-state index in [0.29, 0.717) is 39.4 Å². The Balaban J connectivity index is 1.70. The monoisotopic (exact) mass is 504 g/mol. The van der Waals surface area contributed by atoms with Crippen LogP contribution in [0, 0.1) is 0 Å². The SMILES string of the molecule is COc1cccc(Oc2ccc(Cl)cc2NC(=O)[C@@H](C)Oc2ccc(N(C)S(C)(=O)=O)cc2)c1. The molecule has 34 heavy (non-hydrogen) atoms. The number of benzene rings is 3. The molecule has 0 aliphatic carbocycles. The third kappa shape index (κ3) is 6.55. The van der Waals surface area contributed by atoms with Gasteiger partial charge in [0.05, 0.1) is 24.7 Å². The van der Waals surface area contributed by atoms with Crippen molar-refractivity contribution < 1.29 is 27.4 Å². The van der Waals surface area contributed by atoms with Gasteiger partial charge in [-0.25, -0.2) is 8.42 Å². The number of nitrogens with one attached hydrogen (secondary N) is 1. The van der Waals surface area contributed by atoms with Crippen molar-refractivity contribution in [3.05, 3.63) is 71.8 Å². The van der Waals surface area contributed by atoms with Gasteiger partial charge in [0.25, 0.3) is 5.91 Å². The number of ether oxygens (including phenoxy) is 3. The van der Waals surface area contributed by atoms with E-state index in [1.54, 1.807) is 80.8 Å². The highest BCUT2D eigenvalue weighted by atomic mass is 35.5. The van der Waals surface area contributed by atoms with E-state index in [2.05, 4.69) is 5.32 Å². The van der Waals surface area contributed by atoms with E-state index in [0.717, 1.165) is 10.6 Å². The van der Waals surface area contributed by atoms with Crippen LogP contribution in [-0.2, 0) is 14.8 Å². The molecule has 3 aromatic rings. The Labute approximate surface area is 204 Å². The number of halogens is 1. The van der Waals surface area contributed by atoms with Gasteiger partial charge in [0.2, 0.25) is 10.0 Å². The van der Waals surface area contributed by atoms with Gasteiger partial charge in [-0.3, -0.25) is 9.10 Å². The highest BCUT2D eigenvalue weighted by Crippen LogP contribution is 2.33. The summed E-state index contributed by atoms with van der Waals surface area (Å²) in [4.78, 5) is 12.8. The molecule has 3 aromatic carbocycles. The second kappa shape index (κ2) is 10.7. The van der Waals surface area contributed by atoms with E-state index in [9.17, 15) is 13.2 Å². The van der Waals surface area contributed by atoms with Crippen LogP contribution in [0.5, 0.6) is 23.0 Å². The summed E-state index contributed by atoms with van der Waals surface area (Å²) in [5.41, 5.74) is 0.853. The van der Waals surface area contributed by atoms with Gasteiger partial charge in [-0.15, -0.1) is 0 Å². The lowest BCUT2D eigenvalue weighted by Gasteiger charge is -2.19. The van der Waals surface area contributed by atoms with E-state index in [-0.39, 0.29) is 0 Å². The number of rotatable bonds is 9. The topological polar surface area (TPSA) is 94.2 Å². The number of hydrogen-bond donors (Lipinski definition) is 1. The zero-order valence-corrected chi connectivity index (χ0v) is 20.7. The van der Waals surface area contributed by atoms with Crippen molar-refractivity contribution >= 4 is 38.9 Å². The molecule has 1 amide bonds. The van der Waals surface area contributed by atoms with Crippen molar-refractivity contribution in [3.8, 4) is 23.0 Å². The molecule has 0 aliphatic heterocycles. The van der Waals surface area contributed by atoms with Crippen molar-refractivity contribution in [3.63, 3.8) is 0 Å². The standard InChI is InChI=1S/C24H25ClN2O6S/c1-16(32-19-11-9-18(10-12-19)27(2)34(4,29)30)24(28)26-22-14-17(25)8-13-23(22)33-21-7-5-6-20(15-21)31-3/h5-16H,1-4H3,(H,26,28)/t16-/m1/s1. The summed E-state index contributed by atoms with van der Waals surface area (Å²) < 4.78 is 41.3. The Morgan fingerprint density at radius 2 is 1.68 bits per heavy atom. The van der Waals surface area contributed by atoms with Crippen LogP contribution in [0.4, 0.5) is 11.4 Å². The zero-order chi connectivity index (χ0) is 24.9.